The van der Waals surface area contributed by atoms with Gasteiger partial charge in [0.05, 0.1) is 11.1 Å². The summed E-state index contributed by atoms with van der Waals surface area (Å²) in [5.41, 5.74) is -0.173. The van der Waals surface area contributed by atoms with Gasteiger partial charge in [-0.15, -0.1) is 0 Å². The third-order valence-electron chi connectivity index (χ3n) is 4.44. The molecule has 3 nitrogen and oxygen atoms in total. The fraction of sp³-hybridized carbons (Fsp3) is 0.316. The molecule has 0 unspecified atom stereocenters. The quantitative estimate of drug-likeness (QED) is 0.902. The number of anilines is 1. The second-order valence-electron chi connectivity index (χ2n) is 6.08. The molecule has 6 heteroatoms. The fourth-order valence-electron chi connectivity index (χ4n) is 3.24. The molecule has 0 radical (unpaired) electrons. The number of nitrogens with one attached hydrogen (secondary N) is 1. The summed E-state index contributed by atoms with van der Waals surface area (Å²) in [6.07, 6.45) is -2.65. The van der Waals surface area contributed by atoms with Crippen molar-refractivity contribution in [1.29, 1.82) is 0 Å². The lowest BCUT2D eigenvalue weighted by Crippen LogP contribution is -2.40. The number of carbonyl (C=O) groups is 1. The fourth-order valence-corrected chi connectivity index (χ4v) is 3.24. The first-order chi connectivity index (χ1) is 12.0. The summed E-state index contributed by atoms with van der Waals surface area (Å²) in [6, 6.07) is 14.8. The zero-order valence-corrected chi connectivity index (χ0v) is 13.6. The van der Waals surface area contributed by atoms with E-state index in [-0.39, 0.29) is 11.6 Å². The minimum Gasteiger partial charge on any atom is -0.367 e. The zero-order chi connectivity index (χ0) is 17.9. The Hall–Kier alpha value is -2.50. The molecule has 1 N–H and O–H groups in total. The first-order valence-electron chi connectivity index (χ1n) is 8.23. The Kier molecular flexibility index (Phi) is 4.97. The van der Waals surface area contributed by atoms with Gasteiger partial charge >= 0.3 is 6.18 Å². The Morgan fingerprint density at radius 3 is 2.48 bits per heavy atom. The third kappa shape index (κ3) is 3.95. The highest BCUT2D eigenvalue weighted by Gasteiger charge is 2.35. The van der Waals surface area contributed by atoms with Crippen LogP contribution in [0, 0.1) is 0 Å². The Labute approximate surface area is 144 Å². The molecule has 1 heterocycles. The van der Waals surface area contributed by atoms with Crippen LogP contribution in [0.25, 0.3) is 0 Å². The van der Waals surface area contributed by atoms with Crippen LogP contribution in [0.4, 0.5) is 18.9 Å². The van der Waals surface area contributed by atoms with E-state index in [0.717, 1.165) is 31.1 Å². The molecule has 0 saturated carbocycles. The molecule has 25 heavy (non-hydrogen) atoms. The predicted molar refractivity (Wildman–Crippen MR) is 90.6 cm³/mol. The number of hydrogen-bond donors (Lipinski definition) is 1. The average molecular weight is 348 g/mol. The average Bonchev–Trinajstić information content (AvgIpc) is 3.08. The van der Waals surface area contributed by atoms with Gasteiger partial charge in [0.1, 0.15) is 0 Å². The van der Waals surface area contributed by atoms with E-state index in [0.29, 0.717) is 6.54 Å². The van der Waals surface area contributed by atoms with Crippen LogP contribution in [0.3, 0.4) is 0 Å². The van der Waals surface area contributed by atoms with Crippen LogP contribution in [-0.2, 0) is 6.18 Å². The molecule has 1 aliphatic heterocycles. The van der Waals surface area contributed by atoms with E-state index in [9.17, 15) is 18.0 Å². The van der Waals surface area contributed by atoms with Gasteiger partial charge in [-0.1, -0.05) is 30.3 Å². The Morgan fingerprint density at radius 1 is 1.08 bits per heavy atom. The summed E-state index contributed by atoms with van der Waals surface area (Å²) in [6.45, 7) is 1.20. The lowest BCUT2D eigenvalue weighted by Gasteiger charge is -2.27. The van der Waals surface area contributed by atoms with Crippen molar-refractivity contribution in [3.05, 3.63) is 65.7 Å². The minimum absolute atomic E-state index is 0.0874. The van der Waals surface area contributed by atoms with Crippen LogP contribution >= 0.6 is 0 Å². The van der Waals surface area contributed by atoms with Crippen molar-refractivity contribution in [3.8, 4) is 0 Å². The predicted octanol–water partition coefficient (Wildman–Crippen LogP) is 4.10. The summed E-state index contributed by atoms with van der Waals surface area (Å²) in [7, 11) is 0. The van der Waals surface area contributed by atoms with Crippen molar-refractivity contribution in [2.45, 2.75) is 25.1 Å². The molecule has 1 atom stereocenters. The van der Waals surface area contributed by atoms with Crippen molar-refractivity contribution in [3.63, 3.8) is 0 Å². The van der Waals surface area contributed by atoms with E-state index >= 15 is 0 Å². The summed E-state index contributed by atoms with van der Waals surface area (Å²) in [5, 5.41) is 2.67. The number of benzene rings is 2. The van der Waals surface area contributed by atoms with Crippen LogP contribution in [-0.4, -0.2) is 25.0 Å². The van der Waals surface area contributed by atoms with E-state index in [1.54, 1.807) is 0 Å². The highest BCUT2D eigenvalue weighted by atomic mass is 19.4. The first-order valence-corrected chi connectivity index (χ1v) is 8.23. The highest BCUT2D eigenvalue weighted by Crippen LogP contribution is 2.32. The van der Waals surface area contributed by atoms with E-state index in [1.807, 2.05) is 30.3 Å². The molecule has 0 aliphatic carbocycles. The van der Waals surface area contributed by atoms with Crippen LogP contribution in [0.1, 0.15) is 28.8 Å². The zero-order valence-electron chi connectivity index (χ0n) is 13.6. The van der Waals surface area contributed by atoms with Crippen molar-refractivity contribution in [1.82, 2.24) is 5.32 Å². The molecule has 0 aromatic heterocycles. The number of para-hydroxylation sites is 1. The topological polar surface area (TPSA) is 32.3 Å². The smallest absolute Gasteiger partial charge is 0.367 e. The molecule has 132 valence electrons. The van der Waals surface area contributed by atoms with Crippen LogP contribution < -0.4 is 10.2 Å². The number of halogens is 3. The SMILES string of the molecule is O=C(NC[C@@H]1CCCN1c1ccccc1)c1ccccc1C(F)(F)F. The van der Waals surface area contributed by atoms with Crippen molar-refractivity contribution < 1.29 is 18.0 Å². The molecule has 1 fully saturated rings. The molecule has 1 saturated heterocycles. The lowest BCUT2D eigenvalue weighted by atomic mass is 10.1. The minimum atomic E-state index is -4.54. The molecular weight excluding hydrogens is 329 g/mol. The third-order valence-corrected chi connectivity index (χ3v) is 4.44. The van der Waals surface area contributed by atoms with Crippen molar-refractivity contribution in [2.24, 2.45) is 0 Å². The normalized spacial score (nSPS) is 17.6. The second-order valence-corrected chi connectivity index (χ2v) is 6.08. The largest absolute Gasteiger partial charge is 0.417 e. The van der Waals surface area contributed by atoms with E-state index in [4.69, 9.17) is 0 Å². The van der Waals surface area contributed by atoms with Crippen LogP contribution in [0.5, 0.6) is 0 Å². The number of nitrogens with zero attached hydrogens (tertiary/aromatic N) is 1. The standard InChI is InChI=1S/C19H19F3N2O/c20-19(21,22)17-11-5-4-10-16(17)18(25)23-13-15-9-6-12-24(15)14-7-2-1-3-8-14/h1-5,7-8,10-11,15H,6,9,12-13H2,(H,23,25)/t15-/m0/s1. The first kappa shape index (κ1) is 17.3. The van der Waals surface area contributed by atoms with Crippen molar-refractivity contribution >= 4 is 11.6 Å². The molecule has 1 aliphatic rings. The summed E-state index contributed by atoms with van der Waals surface area (Å²) in [5.74, 6) is -0.687. The summed E-state index contributed by atoms with van der Waals surface area (Å²) in [4.78, 5) is 14.5. The van der Waals surface area contributed by atoms with Gasteiger partial charge < -0.3 is 10.2 Å². The van der Waals surface area contributed by atoms with Gasteiger partial charge in [0.2, 0.25) is 0 Å². The molecule has 0 spiro atoms. The number of hydrogen-bond acceptors (Lipinski definition) is 2. The molecule has 0 bridgehead atoms. The van der Waals surface area contributed by atoms with E-state index in [1.165, 1.54) is 18.2 Å². The monoisotopic (exact) mass is 348 g/mol. The Balaban J connectivity index is 1.69. The molecule has 3 rings (SSSR count). The number of amides is 1. The van der Waals surface area contributed by atoms with Gasteiger partial charge in [-0.05, 0) is 37.1 Å². The maximum absolute atomic E-state index is 13.0. The van der Waals surface area contributed by atoms with E-state index in [2.05, 4.69) is 10.2 Å². The van der Waals surface area contributed by atoms with Crippen molar-refractivity contribution in [2.75, 3.05) is 18.0 Å². The van der Waals surface area contributed by atoms with Gasteiger partial charge in [-0.3, -0.25) is 4.79 Å². The summed E-state index contributed by atoms with van der Waals surface area (Å²) >= 11 is 0. The second kappa shape index (κ2) is 7.17. The van der Waals surface area contributed by atoms with Gasteiger partial charge in [0, 0.05) is 24.8 Å². The maximum atomic E-state index is 13.0. The Bertz CT molecular complexity index is 731. The number of alkyl halides is 3. The maximum Gasteiger partial charge on any atom is 0.417 e. The molecule has 2 aromatic rings. The number of rotatable bonds is 4. The summed E-state index contributed by atoms with van der Waals surface area (Å²) < 4.78 is 39.1. The number of carbonyl (C=O) groups excluding carboxylic acids is 1. The lowest BCUT2D eigenvalue weighted by molar-refractivity contribution is -0.137. The van der Waals surface area contributed by atoms with Gasteiger partial charge in [-0.25, -0.2) is 0 Å². The molecular formula is C19H19F3N2O. The van der Waals surface area contributed by atoms with Gasteiger partial charge in [0.25, 0.3) is 5.91 Å². The molecule has 2 aromatic carbocycles. The van der Waals surface area contributed by atoms with E-state index < -0.39 is 17.6 Å². The molecule has 1 amide bonds. The van der Waals surface area contributed by atoms with Gasteiger partial charge in [-0.2, -0.15) is 13.2 Å². The Morgan fingerprint density at radius 2 is 1.76 bits per heavy atom. The van der Waals surface area contributed by atoms with Crippen LogP contribution in [0.15, 0.2) is 54.6 Å². The van der Waals surface area contributed by atoms with Crippen LogP contribution in [0.2, 0.25) is 0 Å². The highest BCUT2D eigenvalue weighted by molar-refractivity contribution is 5.95. The van der Waals surface area contributed by atoms with Gasteiger partial charge in [0.15, 0.2) is 0 Å².